The van der Waals surface area contributed by atoms with Crippen molar-refractivity contribution in [1.82, 2.24) is 9.71 Å². The Kier molecular flexibility index (Phi) is 6.71. The lowest BCUT2D eigenvalue weighted by Crippen LogP contribution is -2.26. The molecule has 0 fully saturated rings. The molecule has 1 N–H and O–H groups in total. The predicted molar refractivity (Wildman–Crippen MR) is 111 cm³/mol. The Hall–Kier alpha value is -2.09. The number of fused-ring (bicyclic) bond motifs is 1. The maximum Gasteiger partial charge on any atom is 0.241 e. The molecule has 5 nitrogen and oxygen atoms in total. The van der Waals surface area contributed by atoms with Gasteiger partial charge in [-0.15, -0.1) is 0 Å². The molecule has 0 saturated heterocycles. The normalized spacial score (nSPS) is 11.6. The highest BCUT2D eigenvalue weighted by Crippen LogP contribution is 2.29. The number of nitrogens with zero attached hydrogens (tertiary/aromatic N) is 1. The van der Waals surface area contributed by atoms with E-state index in [-0.39, 0.29) is 4.90 Å². The first-order valence-corrected chi connectivity index (χ1v) is 11.4. The Bertz CT molecular complexity index is 993. The van der Waals surface area contributed by atoms with Crippen LogP contribution in [0.2, 0.25) is 0 Å². The zero-order chi connectivity index (χ0) is 19.1. The van der Waals surface area contributed by atoms with Crippen LogP contribution in [0, 0.1) is 0 Å². The number of hydrogen-bond acceptors (Lipinski definition) is 5. The van der Waals surface area contributed by atoms with Crippen molar-refractivity contribution in [3.63, 3.8) is 0 Å². The maximum atomic E-state index is 12.8. The van der Waals surface area contributed by atoms with Gasteiger partial charge in [-0.05, 0) is 36.8 Å². The predicted octanol–water partition coefficient (Wildman–Crippen LogP) is 3.85. The highest BCUT2D eigenvalue weighted by atomic mass is 32.2. The summed E-state index contributed by atoms with van der Waals surface area (Å²) in [5.74, 6) is 2.14. The molecule has 0 aliphatic heterocycles. The number of thioether (sulfide) groups is 1. The molecular weight excluding hydrogens is 380 g/mol. The van der Waals surface area contributed by atoms with E-state index in [1.165, 1.54) is 5.56 Å². The molecule has 0 atom stereocenters. The quantitative estimate of drug-likeness (QED) is 0.551. The van der Waals surface area contributed by atoms with E-state index in [9.17, 15) is 8.42 Å². The summed E-state index contributed by atoms with van der Waals surface area (Å²) in [4.78, 5) is 4.52. The first-order valence-electron chi connectivity index (χ1n) is 8.73. The fourth-order valence-corrected chi connectivity index (χ4v) is 4.89. The second kappa shape index (κ2) is 9.21. The van der Waals surface area contributed by atoms with Crippen LogP contribution in [0.15, 0.2) is 65.7 Å². The van der Waals surface area contributed by atoms with Crippen LogP contribution in [0.25, 0.3) is 10.9 Å². The van der Waals surface area contributed by atoms with E-state index < -0.39 is 10.0 Å². The molecule has 142 valence electrons. The third-order valence-corrected chi connectivity index (χ3v) is 6.48. The van der Waals surface area contributed by atoms with Gasteiger partial charge in [0.15, 0.2) is 0 Å². The molecule has 3 aromatic rings. The first kappa shape index (κ1) is 19.7. The molecule has 1 aromatic heterocycles. The number of ether oxygens (including phenoxy) is 1. The van der Waals surface area contributed by atoms with E-state index in [1.54, 1.807) is 42.2 Å². The lowest BCUT2D eigenvalue weighted by atomic mass is 10.2. The number of benzene rings is 2. The molecule has 0 aliphatic rings. The summed E-state index contributed by atoms with van der Waals surface area (Å²) < 4.78 is 33.8. The molecule has 0 spiro atoms. The van der Waals surface area contributed by atoms with E-state index >= 15 is 0 Å². The monoisotopic (exact) mass is 402 g/mol. The van der Waals surface area contributed by atoms with Crippen LogP contribution in [0.4, 0.5) is 0 Å². The van der Waals surface area contributed by atoms with Crippen LogP contribution < -0.4 is 9.46 Å². The molecular formula is C20H22N2O3S2. The van der Waals surface area contributed by atoms with Crippen LogP contribution in [-0.2, 0) is 15.8 Å². The fraction of sp³-hybridized carbons (Fsp3) is 0.250. The lowest BCUT2D eigenvalue weighted by Gasteiger charge is -2.12. The largest absolute Gasteiger partial charge is 0.492 e. The molecule has 0 amide bonds. The molecule has 0 bridgehead atoms. The summed E-state index contributed by atoms with van der Waals surface area (Å²) >= 11 is 1.70. The van der Waals surface area contributed by atoms with Gasteiger partial charge in [-0.25, -0.2) is 13.1 Å². The second-order valence-corrected chi connectivity index (χ2v) is 8.67. The molecule has 3 rings (SSSR count). The van der Waals surface area contributed by atoms with Crippen molar-refractivity contribution in [3.05, 3.63) is 66.4 Å². The van der Waals surface area contributed by atoms with Gasteiger partial charge >= 0.3 is 0 Å². The maximum absolute atomic E-state index is 12.8. The van der Waals surface area contributed by atoms with Gasteiger partial charge in [-0.2, -0.15) is 11.8 Å². The minimum Gasteiger partial charge on any atom is -0.492 e. The summed E-state index contributed by atoms with van der Waals surface area (Å²) in [6.07, 6.45) is 1.63. The fourth-order valence-electron chi connectivity index (χ4n) is 2.72. The Balaban J connectivity index is 1.67. The number of rotatable bonds is 9. The minimum atomic E-state index is -3.62. The summed E-state index contributed by atoms with van der Waals surface area (Å²) in [5, 5.41) is 0.563. The van der Waals surface area contributed by atoms with Crippen molar-refractivity contribution >= 4 is 32.7 Å². The Labute approximate surface area is 164 Å². The molecule has 0 radical (unpaired) electrons. The van der Waals surface area contributed by atoms with Crippen LogP contribution in [-0.4, -0.2) is 32.3 Å². The summed E-state index contributed by atoms with van der Waals surface area (Å²) in [6.45, 7) is 2.75. The van der Waals surface area contributed by atoms with E-state index in [4.69, 9.17) is 4.74 Å². The summed E-state index contributed by atoms with van der Waals surface area (Å²) in [5.41, 5.74) is 1.79. The van der Waals surface area contributed by atoms with Crippen LogP contribution >= 0.6 is 11.8 Å². The highest BCUT2D eigenvalue weighted by Gasteiger charge is 2.19. The molecule has 0 unspecified atom stereocenters. The standard InChI is InChI=1S/C20H22N2O3S2/c1-2-25-18-10-11-19(17-9-6-12-21-20(17)18)27(23,24)22-13-14-26-15-16-7-4-3-5-8-16/h3-12,22H,2,13-15H2,1H3. The van der Waals surface area contributed by atoms with Gasteiger partial charge in [0.05, 0.1) is 11.5 Å². The number of nitrogens with one attached hydrogen (secondary N) is 1. The molecule has 1 heterocycles. The van der Waals surface area contributed by atoms with Crippen molar-refractivity contribution in [3.8, 4) is 5.75 Å². The SMILES string of the molecule is CCOc1ccc(S(=O)(=O)NCCSCc2ccccc2)c2cccnc12. The van der Waals surface area contributed by atoms with Gasteiger partial charge in [0.25, 0.3) is 0 Å². The van der Waals surface area contributed by atoms with Crippen LogP contribution in [0.5, 0.6) is 5.75 Å². The van der Waals surface area contributed by atoms with Crippen molar-refractivity contribution < 1.29 is 13.2 Å². The number of aromatic nitrogens is 1. The average molecular weight is 403 g/mol. The third-order valence-electron chi connectivity index (χ3n) is 3.93. The van der Waals surface area contributed by atoms with Gasteiger partial charge in [0.2, 0.25) is 10.0 Å². The van der Waals surface area contributed by atoms with E-state index in [0.717, 1.165) is 5.75 Å². The molecule has 0 saturated carbocycles. The number of hydrogen-bond donors (Lipinski definition) is 1. The van der Waals surface area contributed by atoms with E-state index in [2.05, 4.69) is 21.8 Å². The van der Waals surface area contributed by atoms with Gasteiger partial charge in [0.1, 0.15) is 11.3 Å². The van der Waals surface area contributed by atoms with Gasteiger partial charge < -0.3 is 4.74 Å². The van der Waals surface area contributed by atoms with Gasteiger partial charge in [-0.1, -0.05) is 30.3 Å². The van der Waals surface area contributed by atoms with Gasteiger partial charge in [-0.3, -0.25) is 4.98 Å². The minimum absolute atomic E-state index is 0.224. The number of pyridine rings is 1. The zero-order valence-electron chi connectivity index (χ0n) is 15.1. The van der Waals surface area contributed by atoms with Crippen molar-refractivity contribution in [1.29, 1.82) is 0 Å². The molecule has 7 heteroatoms. The van der Waals surface area contributed by atoms with Crippen LogP contribution in [0.3, 0.4) is 0 Å². The van der Waals surface area contributed by atoms with Gasteiger partial charge in [0, 0.05) is 29.6 Å². The Morgan fingerprint density at radius 2 is 1.89 bits per heavy atom. The first-order chi connectivity index (χ1) is 13.1. The lowest BCUT2D eigenvalue weighted by molar-refractivity contribution is 0.343. The summed E-state index contributed by atoms with van der Waals surface area (Å²) in [7, 11) is -3.62. The topological polar surface area (TPSA) is 68.3 Å². The molecule has 2 aromatic carbocycles. The van der Waals surface area contributed by atoms with Crippen molar-refractivity contribution in [2.24, 2.45) is 0 Å². The molecule has 0 aliphatic carbocycles. The second-order valence-electron chi connectivity index (χ2n) is 5.83. The van der Waals surface area contributed by atoms with E-state index in [1.807, 2.05) is 25.1 Å². The zero-order valence-corrected chi connectivity index (χ0v) is 16.7. The van der Waals surface area contributed by atoms with Crippen molar-refractivity contribution in [2.75, 3.05) is 18.9 Å². The summed E-state index contributed by atoms with van der Waals surface area (Å²) in [6, 6.07) is 16.8. The Morgan fingerprint density at radius 1 is 1.07 bits per heavy atom. The number of sulfonamides is 1. The van der Waals surface area contributed by atoms with E-state index in [0.29, 0.717) is 35.6 Å². The average Bonchev–Trinajstić information content (AvgIpc) is 2.69. The third kappa shape index (κ3) is 5.00. The van der Waals surface area contributed by atoms with Crippen LogP contribution in [0.1, 0.15) is 12.5 Å². The highest BCUT2D eigenvalue weighted by molar-refractivity contribution is 7.98. The Morgan fingerprint density at radius 3 is 2.67 bits per heavy atom. The molecule has 27 heavy (non-hydrogen) atoms. The smallest absolute Gasteiger partial charge is 0.241 e. The van der Waals surface area contributed by atoms with Crippen molar-refractivity contribution in [2.45, 2.75) is 17.6 Å².